The fraction of sp³-hybridized carbons (Fsp3) is 0.267. The molecule has 1 aromatic carbocycles. The van der Waals surface area contributed by atoms with Gasteiger partial charge in [-0.1, -0.05) is 11.6 Å². The van der Waals surface area contributed by atoms with Crippen LogP contribution in [0.15, 0.2) is 18.2 Å². The number of rotatable bonds is 4. The molecule has 1 amide bonds. The Kier molecular flexibility index (Phi) is 4.51. The smallest absolute Gasteiger partial charge is 0.308 e. The van der Waals surface area contributed by atoms with Gasteiger partial charge in [-0.05, 0) is 32.0 Å². The summed E-state index contributed by atoms with van der Waals surface area (Å²) in [7, 11) is 0. The van der Waals surface area contributed by atoms with Gasteiger partial charge in [0.05, 0.1) is 6.10 Å². The average Bonchev–Trinajstić information content (AvgIpc) is 2.40. The summed E-state index contributed by atoms with van der Waals surface area (Å²) in [5.41, 5.74) is 5.08. The van der Waals surface area contributed by atoms with Crippen LogP contribution in [0.3, 0.4) is 0 Å². The zero-order chi connectivity index (χ0) is 16.4. The van der Waals surface area contributed by atoms with Crippen molar-refractivity contribution in [3.8, 4) is 11.5 Å². The molecule has 22 heavy (non-hydrogen) atoms. The summed E-state index contributed by atoms with van der Waals surface area (Å²) in [5.74, 6) is -0.833. The molecule has 6 nitrogen and oxygen atoms in total. The van der Waals surface area contributed by atoms with Gasteiger partial charge in [0, 0.05) is 17.7 Å². The maximum atomic E-state index is 11.5. The second-order valence-corrected chi connectivity index (χ2v) is 5.27. The van der Waals surface area contributed by atoms with Crippen LogP contribution >= 0.6 is 11.6 Å². The van der Waals surface area contributed by atoms with Gasteiger partial charge in [0.25, 0.3) is 5.91 Å². The molecule has 1 heterocycles. The quantitative estimate of drug-likeness (QED) is 0.690. The molecule has 116 valence electrons. The molecule has 0 aliphatic heterocycles. The minimum absolute atomic E-state index is 0.00417. The minimum atomic E-state index is -0.831. The topological polar surface area (TPSA) is 91.5 Å². The molecule has 2 aromatic rings. The Morgan fingerprint density at radius 1 is 1.27 bits per heavy atom. The van der Waals surface area contributed by atoms with Crippen LogP contribution in [0.1, 0.15) is 31.3 Å². The molecule has 1 aromatic heterocycles. The van der Waals surface area contributed by atoms with Crippen molar-refractivity contribution in [2.24, 2.45) is 5.73 Å². The Morgan fingerprint density at radius 3 is 2.50 bits per heavy atom. The fourth-order valence-electron chi connectivity index (χ4n) is 1.99. The minimum Gasteiger partial charge on any atom is -0.491 e. The van der Waals surface area contributed by atoms with Gasteiger partial charge < -0.3 is 15.2 Å². The van der Waals surface area contributed by atoms with Crippen LogP contribution in [0.5, 0.6) is 11.5 Å². The normalized spacial score (nSPS) is 10.8. The molecular formula is C15H15ClN2O4. The lowest BCUT2D eigenvalue weighted by Gasteiger charge is -2.14. The fourth-order valence-corrected chi connectivity index (χ4v) is 2.23. The van der Waals surface area contributed by atoms with Gasteiger partial charge in [-0.2, -0.15) is 0 Å². The van der Waals surface area contributed by atoms with Crippen molar-refractivity contribution in [2.75, 3.05) is 0 Å². The Balaban J connectivity index is 2.71. The zero-order valence-corrected chi connectivity index (χ0v) is 13.1. The first-order valence-corrected chi connectivity index (χ1v) is 6.95. The van der Waals surface area contributed by atoms with Crippen molar-refractivity contribution in [3.05, 3.63) is 29.0 Å². The molecule has 0 atom stereocenters. The molecule has 7 heteroatoms. The van der Waals surface area contributed by atoms with E-state index in [2.05, 4.69) is 4.98 Å². The molecule has 0 radical (unpaired) electrons. The summed E-state index contributed by atoms with van der Waals surface area (Å²) in [6.07, 6.45) is -0.0120. The van der Waals surface area contributed by atoms with E-state index in [0.29, 0.717) is 16.5 Å². The van der Waals surface area contributed by atoms with Gasteiger partial charge in [-0.25, -0.2) is 4.98 Å². The number of nitrogens with two attached hydrogens (primary N) is 1. The third-order valence-corrected chi connectivity index (χ3v) is 3.02. The number of carbonyl (C=O) groups is 2. The average molecular weight is 323 g/mol. The van der Waals surface area contributed by atoms with Crippen molar-refractivity contribution >= 4 is 34.2 Å². The lowest BCUT2D eigenvalue weighted by Crippen LogP contribution is -2.17. The van der Waals surface area contributed by atoms with Gasteiger partial charge in [-0.3, -0.25) is 9.59 Å². The second-order valence-electron chi connectivity index (χ2n) is 4.91. The molecule has 0 aliphatic carbocycles. The van der Waals surface area contributed by atoms with Gasteiger partial charge in [-0.15, -0.1) is 0 Å². The third-order valence-electron chi connectivity index (χ3n) is 2.73. The number of hydrogen-bond acceptors (Lipinski definition) is 5. The number of nitrogens with zero attached hydrogens (tertiary/aromatic N) is 1. The molecule has 0 saturated carbocycles. The van der Waals surface area contributed by atoms with Crippen LogP contribution in [-0.4, -0.2) is 23.0 Å². The molecule has 0 fully saturated rings. The highest BCUT2D eigenvalue weighted by atomic mass is 35.5. The number of amides is 1. The van der Waals surface area contributed by atoms with E-state index in [1.807, 2.05) is 13.8 Å². The van der Waals surface area contributed by atoms with Crippen LogP contribution in [0.4, 0.5) is 0 Å². The molecule has 0 aliphatic rings. The number of ether oxygens (including phenoxy) is 2. The summed E-state index contributed by atoms with van der Waals surface area (Å²) in [4.78, 5) is 26.7. The van der Waals surface area contributed by atoms with E-state index in [1.54, 1.807) is 18.2 Å². The second kappa shape index (κ2) is 6.19. The van der Waals surface area contributed by atoms with Crippen LogP contribution in [0.2, 0.25) is 5.15 Å². The summed E-state index contributed by atoms with van der Waals surface area (Å²) < 4.78 is 10.7. The molecule has 0 spiro atoms. The number of pyridine rings is 1. The Hall–Kier alpha value is -2.34. The number of aromatic nitrogens is 1. The molecule has 2 rings (SSSR count). The number of esters is 1. The van der Waals surface area contributed by atoms with Gasteiger partial charge in [0.15, 0.2) is 11.4 Å². The maximum Gasteiger partial charge on any atom is 0.308 e. The predicted octanol–water partition coefficient (Wildman–Crippen LogP) is 2.70. The van der Waals surface area contributed by atoms with Gasteiger partial charge >= 0.3 is 5.97 Å². The monoisotopic (exact) mass is 322 g/mol. The van der Waals surface area contributed by atoms with Gasteiger partial charge in [0.2, 0.25) is 0 Å². The van der Waals surface area contributed by atoms with Crippen LogP contribution in [0, 0.1) is 0 Å². The van der Waals surface area contributed by atoms with Crippen LogP contribution < -0.4 is 15.2 Å². The van der Waals surface area contributed by atoms with Crippen molar-refractivity contribution in [3.63, 3.8) is 0 Å². The van der Waals surface area contributed by atoms with Gasteiger partial charge in [0.1, 0.15) is 10.9 Å². The van der Waals surface area contributed by atoms with E-state index in [0.717, 1.165) is 0 Å². The van der Waals surface area contributed by atoms with E-state index >= 15 is 0 Å². The zero-order valence-electron chi connectivity index (χ0n) is 12.3. The Bertz CT molecular complexity index is 759. The van der Waals surface area contributed by atoms with E-state index in [4.69, 9.17) is 26.8 Å². The largest absolute Gasteiger partial charge is 0.491 e. The lowest BCUT2D eigenvalue weighted by molar-refractivity contribution is -0.131. The standard InChI is InChI=1S/C15H15ClN2O4/c1-7(2)21-9-4-5-10-11(6-9)14(16)18-12(15(17)20)13(10)22-8(3)19/h4-7H,1-3H3,(H2,17,20). The van der Waals surface area contributed by atoms with E-state index in [9.17, 15) is 9.59 Å². The predicted molar refractivity (Wildman–Crippen MR) is 82.3 cm³/mol. The SMILES string of the molecule is CC(=O)Oc1c(C(N)=O)nc(Cl)c2cc(OC(C)C)ccc12. The Morgan fingerprint density at radius 2 is 1.95 bits per heavy atom. The highest BCUT2D eigenvalue weighted by Gasteiger charge is 2.20. The maximum absolute atomic E-state index is 11.5. The van der Waals surface area contributed by atoms with Crippen molar-refractivity contribution in [1.29, 1.82) is 0 Å². The van der Waals surface area contributed by atoms with Crippen molar-refractivity contribution < 1.29 is 19.1 Å². The Labute approximate surface area is 132 Å². The lowest BCUT2D eigenvalue weighted by atomic mass is 10.1. The summed E-state index contributed by atoms with van der Waals surface area (Å²) in [5, 5.41) is 1.04. The number of primary amides is 1. The van der Waals surface area contributed by atoms with Crippen LogP contribution in [0.25, 0.3) is 10.8 Å². The van der Waals surface area contributed by atoms with E-state index in [-0.39, 0.29) is 22.7 Å². The summed E-state index contributed by atoms with van der Waals surface area (Å²) >= 11 is 6.11. The number of hydrogen-bond donors (Lipinski definition) is 1. The number of carbonyl (C=O) groups excluding carboxylic acids is 2. The summed E-state index contributed by atoms with van der Waals surface area (Å²) in [6.45, 7) is 5.01. The molecular weight excluding hydrogens is 308 g/mol. The molecule has 0 unspecified atom stereocenters. The first kappa shape index (κ1) is 16.0. The molecule has 0 bridgehead atoms. The number of halogens is 1. The van der Waals surface area contributed by atoms with E-state index in [1.165, 1.54) is 6.92 Å². The van der Waals surface area contributed by atoms with Crippen LogP contribution in [-0.2, 0) is 4.79 Å². The highest BCUT2D eigenvalue weighted by Crippen LogP contribution is 2.35. The van der Waals surface area contributed by atoms with E-state index < -0.39 is 11.9 Å². The van der Waals surface area contributed by atoms with Crippen molar-refractivity contribution in [1.82, 2.24) is 4.98 Å². The first-order chi connectivity index (χ1) is 10.3. The number of benzene rings is 1. The first-order valence-electron chi connectivity index (χ1n) is 6.57. The van der Waals surface area contributed by atoms with Crippen molar-refractivity contribution in [2.45, 2.75) is 26.9 Å². The highest BCUT2D eigenvalue weighted by molar-refractivity contribution is 6.35. The molecule has 0 saturated heterocycles. The summed E-state index contributed by atoms with van der Waals surface area (Å²) in [6, 6.07) is 5.00. The number of fused-ring (bicyclic) bond motifs is 1. The molecule has 2 N–H and O–H groups in total. The third kappa shape index (κ3) is 3.28.